The first-order valence-corrected chi connectivity index (χ1v) is 8.14. The molecule has 1 atom stereocenters. The number of aliphatic hydroxyl groups excluding tert-OH is 1. The Hall–Kier alpha value is -0.0800. The van der Waals surface area contributed by atoms with Crippen LogP contribution in [0.5, 0.6) is 0 Å². The molecule has 0 saturated heterocycles. The smallest absolute Gasteiger partial charge is 0.0669 e. The lowest BCUT2D eigenvalue weighted by Crippen LogP contribution is -2.37. The molecule has 2 fully saturated rings. The fourth-order valence-corrected chi connectivity index (χ4v) is 3.89. The molecule has 1 unspecified atom stereocenters. The van der Waals surface area contributed by atoms with E-state index in [9.17, 15) is 5.11 Å². The van der Waals surface area contributed by atoms with E-state index in [0.717, 1.165) is 24.9 Å². The molecule has 0 amide bonds. The van der Waals surface area contributed by atoms with Crippen molar-refractivity contribution in [1.82, 2.24) is 4.90 Å². The van der Waals surface area contributed by atoms with Crippen LogP contribution in [0.25, 0.3) is 0 Å². The highest BCUT2D eigenvalue weighted by molar-refractivity contribution is 4.77. The van der Waals surface area contributed by atoms with E-state index in [0.29, 0.717) is 0 Å². The fraction of sp³-hybridized carbons (Fsp3) is 1.00. The second kappa shape index (κ2) is 7.49. The van der Waals surface area contributed by atoms with E-state index in [1.165, 1.54) is 64.2 Å². The predicted octanol–water partition coefficient (Wildman–Crippen LogP) is 3.58. The maximum Gasteiger partial charge on any atom is 0.0669 e. The summed E-state index contributed by atoms with van der Waals surface area (Å²) in [5, 5.41) is 10.2. The van der Waals surface area contributed by atoms with Crippen molar-refractivity contribution in [2.75, 3.05) is 13.6 Å². The van der Waals surface area contributed by atoms with Crippen LogP contribution >= 0.6 is 0 Å². The molecule has 0 bridgehead atoms. The van der Waals surface area contributed by atoms with Gasteiger partial charge in [0, 0.05) is 12.6 Å². The quantitative estimate of drug-likeness (QED) is 0.757. The number of aliphatic hydroxyl groups is 1. The maximum atomic E-state index is 10.2. The molecule has 2 saturated carbocycles. The third-order valence-corrected chi connectivity index (χ3v) is 5.03. The molecule has 18 heavy (non-hydrogen) atoms. The van der Waals surface area contributed by atoms with Crippen molar-refractivity contribution >= 4 is 0 Å². The molecule has 2 heteroatoms. The van der Waals surface area contributed by atoms with E-state index in [1.807, 2.05) is 0 Å². The Morgan fingerprint density at radius 1 is 0.944 bits per heavy atom. The van der Waals surface area contributed by atoms with Gasteiger partial charge >= 0.3 is 0 Å². The fourth-order valence-electron chi connectivity index (χ4n) is 3.89. The van der Waals surface area contributed by atoms with Crippen LogP contribution < -0.4 is 0 Å². The average Bonchev–Trinajstić information content (AvgIpc) is 2.68. The molecule has 2 aliphatic carbocycles. The van der Waals surface area contributed by atoms with Crippen molar-refractivity contribution in [2.45, 2.75) is 82.8 Å². The zero-order chi connectivity index (χ0) is 12.8. The Labute approximate surface area is 113 Å². The maximum absolute atomic E-state index is 10.2. The van der Waals surface area contributed by atoms with Crippen LogP contribution in [-0.2, 0) is 0 Å². The molecule has 106 valence electrons. The van der Waals surface area contributed by atoms with Gasteiger partial charge in [-0.1, -0.05) is 51.4 Å². The number of nitrogens with zero attached hydrogens (tertiary/aromatic N) is 1. The van der Waals surface area contributed by atoms with Gasteiger partial charge < -0.3 is 10.0 Å². The lowest BCUT2D eigenvalue weighted by Gasteiger charge is -2.29. The van der Waals surface area contributed by atoms with E-state index < -0.39 is 0 Å². The van der Waals surface area contributed by atoms with E-state index >= 15 is 0 Å². The third kappa shape index (κ3) is 4.55. The van der Waals surface area contributed by atoms with Crippen molar-refractivity contribution in [3.63, 3.8) is 0 Å². The first-order valence-electron chi connectivity index (χ1n) is 8.14. The predicted molar refractivity (Wildman–Crippen MR) is 76.7 cm³/mol. The lowest BCUT2D eigenvalue weighted by atomic mass is 9.99. The Morgan fingerprint density at radius 2 is 1.50 bits per heavy atom. The van der Waals surface area contributed by atoms with Gasteiger partial charge in [0.1, 0.15) is 0 Å². The standard InChI is InChI=1S/C16H31NO/c1-17(15-10-4-2-3-5-11-15)13-16(18)12-14-8-6-7-9-14/h14-16,18H,2-13H2,1H3. The zero-order valence-corrected chi connectivity index (χ0v) is 12.1. The highest BCUT2D eigenvalue weighted by Gasteiger charge is 2.22. The number of rotatable bonds is 5. The number of hydrogen-bond donors (Lipinski definition) is 1. The van der Waals surface area contributed by atoms with Crippen LogP contribution in [0.15, 0.2) is 0 Å². The van der Waals surface area contributed by atoms with Gasteiger partial charge in [-0.15, -0.1) is 0 Å². The van der Waals surface area contributed by atoms with Crippen molar-refractivity contribution in [1.29, 1.82) is 0 Å². The summed E-state index contributed by atoms with van der Waals surface area (Å²) >= 11 is 0. The van der Waals surface area contributed by atoms with Crippen LogP contribution in [0, 0.1) is 5.92 Å². The van der Waals surface area contributed by atoms with E-state index in [-0.39, 0.29) is 6.10 Å². The van der Waals surface area contributed by atoms with Crippen molar-refractivity contribution in [2.24, 2.45) is 5.92 Å². The van der Waals surface area contributed by atoms with Gasteiger partial charge in [0.25, 0.3) is 0 Å². The molecule has 1 N–H and O–H groups in total. The van der Waals surface area contributed by atoms with Gasteiger partial charge in [-0.25, -0.2) is 0 Å². The van der Waals surface area contributed by atoms with Gasteiger partial charge in [-0.2, -0.15) is 0 Å². The molecular weight excluding hydrogens is 222 g/mol. The topological polar surface area (TPSA) is 23.5 Å². The summed E-state index contributed by atoms with van der Waals surface area (Å²) in [6.45, 7) is 0.890. The molecule has 2 nitrogen and oxygen atoms in total. The summed E-state index contributed by atoms with van der Waals surface area (Å²) in [5.74, 6) is 0.808. The largest absolute Gasteiger partial charge is 0.392 e. The third-order valence-electron chi connectivity index (χ3n) is 5.03. The molecule has 0 aromatic rings. The summed E-state index contributed by atoms with van der Waals surface area (Å²) in [6, 6.07) is 0.728. The highest BCUT2D eigenvalue weighted by atomic mass is 16.3. The summed E-state index contributed by atoms with van der Waals surface area (Å²) in [4.78, 5) is 2.44. The van der Waals surface area contributed by atoms with Gasteiger partial charge in [0.05, 0.1) is 6.10 Å². The van der Waals surface area contributed by atoms with Crippen molar-refractivity contribution < 1.29 is 5.11 Å². The van der Waals surface area contributed by atoms with Gasteiger partial charge in [0.15, 0.2) is 0 Å². The van der Waals surface area contributed by atoms with Crippen LogP contribution in [0.1, 0.15) is 70.6 Å². The first-order chi connectivity index (χ1) is 8.75. The Morgan fingerprint density at radius 3 is 2.11 bits per heavy atom. The molecule has 2 aliphatic rings. The lowest BCUT2D eigenvalue weighted by molar-refractivity contribution is 0.0804. The Balaban J connectivity index is 1.69. The van der Waals surface area contributed by atoms with Gasteiger partial charge in [-0.05, 0) is 32.2 Å². The molecule has 0 aromatic carbocycles. The number of likely N-dealkylation sites (N-methyl/N-ethyl adjacent to an activating group) is 1. The average molecular weight is 253 g/mol. The van der Waals surface area contributed by atoms with Crippen LogP contribution in [0.3, 0.4) is 0 Å². The second-order valence-electron chi connectivity index (χ2n) is 6.62. The van der Waals surface area contributed by atoms with E-state index in [2.05, 4.69) is 11.9 Å². The van der Waals surface area contributed by atoms with E-state index in [4.69, 9.17) is 0 Å². The second-order valence-corrected chi connectivity index (χ2v) is 6.62. The van der Waals surface area contributed by atoms with Crippen LogP contribution in [0.2, 0.25) is 0 Å². The molecule has 0 aromatic heterocycles. The van der Waals surface area contributed by atoms with Crippen LogP contribution in [0.4, 0.5) is 0 Å². The minimum atomic E-state index is -0.0960. The zero-order valence-electron chi connectivity index (χ0n) is 12.1. The molecule has 0 spiro atoms. The molecule has 0 aliphatic heterocycles. The normalized spacial score (nSPS) is 25.5. The SMILES string of the molecule is CN(CC(O)CC1CCCC1)C1CCCCCC1. The summed E-state index contributed by atoms with van der Waals surface area (Å²) < 4.78 is 0. The minimum Gasteiger partial charge on any atom is -0.392 e. The number of hydrogen-bond acceptors (Lipinski definition) is 2. The molecule has 2 rings (SSSR count). The van der Waals surface area contributed by atoms with Crippen molar-refractivity contribution in [3.05, 3.63) is 0 Å². The molecular formula is C16H31NO. The summed E-state index contributed by atoms with van der Waals surface area (Å²) in [6.07, 6.45) is 14.7. The Kier molecular flexibility index (Phi) is 5.97. The highest BCUT2D eigenvalue weighted by Crippen LogP contribution is 2.29. The first kappa shape index (κ1) is 14.3. The van der Waals surface area contributed by atoms with E-state index in [1.54, 1.807) is 0 Å². The van der Waals surface area contributed by atoms with Crippen LogP contribution in [-0.4, -0.2) is 35.7 Å². The summed E-state index contributed by atoms with van der Waals surface area (Å²) in [7, 11) is 2.22. The van der Waals surface area contributed by atoms with Gasteiger partial charge in [0.2, 0.25) is 0 Å². The van der Waals surface area contributed by atoms with Crippen molar-refractivity contribution in [3.8, 4) is 0 Å². The monoisotopic (exact) mass is 253 g/mol. The van der Waals surface area contributed by atoms with Gasteiger partial charge in [-0.3, -0.25) is 0 Å². The molecule has 0 radical (unpaired) electrons. The summed E-state index contributed by atoms with van der Waals surface area (Å²) in [5.41, 5.74) is 0. The molecule has 0 heterocycles. The Bertz CT molecular complexity index is 217. The minimum absolute atomic E-state index is 0.0960.